The third kappa shape index (κ3) is 2.49. The number of benzene rings is 2. The topological polar surface area (TPSA) is 76.1 Å². The van der Waals surface area contributed by atoms with E-state index in [0.29, 0.717) is 22.6 Å². The van der Waals surface area contributed by atoms with Gasteiger partial charge in [0.15, 0.2) is 0 Å². The van der Waals surface area contributed by atoms with Crippen molar-refractivity contribution in [2.75, 3.05) is 14.2 Å². The fourth-order valence-corrected chi connectivity index (χ4v) is 3.20. The zero-order chi connectivity index (χ0) is 16.6. The minimum atomic E-state index is -0.423. The number of ether oxygens (including phenoxy) is 2. The number of carbonyl (C=O) groups is 2. The molecule has 0 spiro atoms. The van der Waals surface area contributed by atoms with E-state index in [1.807, 2.05) is 0 Å². The molecule has 1 aliphatic rings. The quantitative estimate of drug-likeness (QED) is 0.686. The first kappa shape index (κ1) is 15.2. The van der Waals surface area contributed by atoms with Crippen molar-refractivity contribution in [3.8, 4) is 17.2 Å². The molecule has 118 valence electrons. The van der Waals surface area contributed by atoms with Gasteiger partial charge >= 0.3 is 0 Å². The fourth-order valence-electron chi connectivity index (χ4n) is 2.27. The second-order valence-electron chi connectivity index (χ2n) is 4.72. The van der Waals surface area contributed by atoms with E-state index in [9.17, 15) is 14.7 Å². The Labute approximate surface area is 136 Å². The molecule has 0 atom stereocenters. The molecule has 0 unspecified atom stereocenters. The fraction of sp³-hybridized carbons (Fsp3) is 0.125. The van der Waals surface area contributed by atoms with Crippen molar-refractivity contribution in [3.63, 3.8) is 0 Å². The molecule has 0 aliphatic carbocycles. The number of phenolic OH excluding ortho intramolecular Hbond substituents is 1. The SMILES string of the molecule is COc1cc(O)c(SN2C(=O)c3ccccc3C2=O)c(OC)c1. The van der Waals surface area contributed by atoms with E-state index in [1.54, 1.807) is 30.3 Å². The molecule has 2 aromatic rings. The Morgan fingerprint density at radius 2 is 1.61 bits per heavy atom. The van der Waals surface area contributed by atoms with Crippen molar-refractivity contribution in [3.05, 3.63) is 47.5 Å². The number of amides is 2. The average molecular weight is 331 g/mol. The second kappa shape index (κ2) is 5.85. The summed E-state index contributed by atoms with van der Waals surface area (Å²) in [6.07, 6.45) is 0. The van der Waals surface area contributed by atoms with Crippen molar-refractivity contribution in [1.82, 2.24) is 4.31 Å². The first-order chi connectivity index (χ1) is 11.1. The highest BCUT2D eigenvalue weighted by Gasteiger charge is 2.37. The molecule has 0 aromatic heterocycles. The minimum absolute atomic E-state index is 0.136. The van der Waals surface area contributed by atoms with E-state index in [2.05, 4.69) is 0 Å². The standard InChI is InChI=1S/C16H13NO5S/c1-21-9-7-12(18)14(13(8-9)22-2)23-17-15(19)10-5-3-4-6-11(10)16(17)20/h3-8,18H,1-2H3. The molecule has 2 aromatic carbocycles. The number of aromatic hydroxyl groups is 1. The first-order valence-electron chi connectivity index (χ1n) is 6.67. The third-order valence-corrected chi connectivity index (χ3v) is 4.51. The van der Waals surface area contributed by atoms with Crippen molar-refractivity contribution >= 4 is 23.8 Å². The summed E-state index contributed by atoms with van der Waals surface area (Å²) < 4.78 is 11.3. The number of hydrogen-bond donors (Lipinski definition) is 1. The maximum Gasteiger partial charge on any atom is 0.272 e. The van der Waals surface area contributed by atoms with Gasteiger partial charge in [-0.25, -0.2) is 4.31 Å². The Balaban J connectivity index is 1.98. The lowest BCUT2D eigenvalue weighted by Crippen LogP contribution is -2.22. The van der Waals surface area contributed by atoms with Gasteiger partial charge in [0.2, 0.25) is 0 Å². The van der Waals surface area contributed by atoms with Crippen LogP contribution in [0.25, 0.3) is 0 Å². The summed E-state index contributed by atoms with van der Waals surface area (Å²) in [5.74, 6) is -0.266. The van der Waals surface area contributed by atoms with Crippen LogP contribution in [-0.4, -0.2) is 35.4 Å². The van der Waals surface area contributed by atoms with Crippen LogP contribution >= 0.6 is 11.9 Å². The maximum atomic E-state index is 12.4. The van der Waals surface area contributed by atoms with E-state index in [-0.39, 0.29) is 10.6 Å². The molecule has 7 heteroatoms. The molecule has 2 amide bonds. The van der Waals surface area contributed by atoms with Crippen LogP contribution in [0.15, 0.2) is 41.3 Å². The van der Waals surface area contributed by atoms with Gasteiger partial charge in [-0.15, -0.1) is 0 Å². The Morgan fingerprint density at radius 3 is 2.13 bits per heavy atom. The molecule has 1 heterocycles. The van der Waals surface area contributed by atoms with Crippen molar-refractivity contribution in [2.45, 2.75) is 4.90 Å². The van der Waals surface area contributed by atoms with Gasteiger partial charge in [0.05, 0.1) is 25.3 Å². The molecule has 0 saturated heterocycles. The number of fused-ring (bicyclic) bond motifs is 1. The van der Waals surface area contributed by atoms with Crippen LogP contribution in [0.1, 0.15) is 20.7 Å². The van der Waals surface area contributed by atoms with Gasteiger partial charge < -0.3 is 14.6 Å². The van der Waals surface area contributed by atoms with Crippen LogP contribution in [-0.2, 0) is 0 Å². The highest BCUT2D eigenvalue weighted by Crippen LogP contribution is 2.44. The smallest absolute Gasteiger partial charge is 0.272 e. The number of rotatable bonds is 4. The molecular formula is C16H13NO5S. The molecule has 0 bridgehead atoms. The summed E-state index contributed by atoms with van der Waals surface area (Å²) >= 11 is 0.825. The largest absolute Gasteiger partial charge is 0.506 e. The number of imide groups is 1. The molecule has 0 saturated carbocycles. The van der Waals surface area contributed by atoms with Crippen LogP contribution in [0, 0.1) is 0 Å². The van der Waals surface area contributed by atoms with Crippen molar-refractivity contribution in [2.24, 2.45) is 0 Å². The predicted octanol–water partition coefficient (Wildman–Crippen LogP) is 2.71. The monoisotopic (exact) mass is 331 g/mol. The van der Waals surface area contributed by atoms with Gasteiger partial charge in [0.1, 0.15) is 22.1 Å². The predicted molar refractivity (Wildman–Crippen MR) is 84.0 cm³/mol. The second-order valence-corrected chi connectivity index (χ2v) is 5.68. The Bertz CT molecular complexity index is 770. The lowest BCUT2D eigenvalue weighted by molar-refractivity contribution is 0.0777. The lowest BCUT2D eigenvalue weighted by Gasteiger charge is -2.16. The molecular weight excluding hydrogens is 318 g/mol. The zero-order valence-electron chi connectivity index (χ0n) is 12.4. The van der Waals surface area contributed by atoms with Crippen LogP contribution in [0.4, 0.5) is 0 Å². The van der Waals surface area contributed by atoms with Crippen molar-refractivity contribution in [1.29, 1.82) is 0 Å². The third-order valence-electron chi connectivity index (χ3n) is 3.40. The number of carbonyl (C=O) groups excluding carboxylic acids is 2. The highest BCUT2D eigenvalue weighted by atomic mass is 32.2. The zero-order valence-corrected chi connectivity index (χ0v) is 13.2. The van der Waals surface area contributed by atoms with E-state index < -0.39 is 11.8 Å². The molecule has 1 aliphatic heterocycles. The summed E-state index contributed by atoms with van der Waals surface area (Å²) in [6, 6.07) is 9.55. The summed E-state index contributed by atoms with van der Waals surface area (Å²) in [4.78, 5) is 25.0. The Morgan fingerprint density at radius 1 is 1.00 bits per heavy atom. The van der Waals surface area contributed by atoms with Crippen LogP contribution in [0.3, 0.4) is 0 Å². The number of methoxy groups -OCH3 is 2. The van der Waals surface area contributed by atoms with E-state index in [0.717, 1.165) is 16.3 Å². The Hall–Kier alpha value is -2.67. The molecule has 23 heavy (non-hydrogen) atoms. The molecule has 1 N–H and O–H groups in total. The van der Waals surface area contributed by atoms with Gasteiger partial charge in [-0.3, -0.25) is 9.59 Å². The normalized spacial score (nSPS) is 13.2. The van der Waals surface area contributed by atoms with Crippen molar-refractivity contribution < 1.29 is 24.2 Å². The molecule has 0 radical (unpaired) electrons. The van der Waals surface area contributed by atoms with E-state index in [4.69, 9.17) is 9.47 Å². The molecule has 6 nitrogen and oxygen atoms in total. The van der Waals surface area contributed by atoms with Gasteiger partial charge in [0, 0.05) is 24.1 Å². The summed E-state index contributed by atoms with van der Waals surface area (Å²) in [7, 11) is 2.89. The number of phenols is 1. The van der Waals surface area contributed by atoms with Crippen LogP contribution in [0.5, 0.6) is 17.2 Å². The minimum Gasteiger partial charge on any atom is -0.506 e. The van der Waals surface area contributed by atoms with Gasteiger partial charge in [-0.2, -0.15) is 0 Å². The first-order valence-corrected chi connectivity index (χ1v) is 7.45. The van der Waals surface area contributed by atoms with E-state index >= 15 is 0 Å². The summed E-state index contributed by atoms with van der Waals surface area (Å²) in [5, 5.41) is 10.2. The number of hydrogen-bond acceptors (Lipinski definition) is 6. The number of nitrogens with zero attached hydrogens (tertiary/aromatic N) is 1. The van der Waals surface area contributed by atoms with Crippen LogP contribution in [0.2, 0.25) is 0 Å². The highest BCUT2D eigenvalue weighted by molar-refractivity contribution is 7.98. The van der Waals surface area contributed by atoms with Gasteiger partial charge in [0.25, 0.3) is 11.8 Å². The maximum absolute atomic E-state index is 12.4. The summed E-state index contributed by atoms with van der Waals surface area (Å²) in [6.45, 7) is 0. The van der Waals surface area contributed by atoms with Crippen LogP contribution < -0.4 is 9.47 Å². The van der Waals surface area contributed by atoms with E-state index in [1.165, 1.54) is 20.3 Å². The summed E-state index contributed by atoms with van der Waals surface area (Å²) in [5.41, 5.74) is 0.689. The van der Waals surface area contributed by atoms with Gasteiger partial charge in [-0.1, -0.05) is 12.1 Å². The average Bonchev–Trinajstić information content (AvgIpc) is 2.81. The van der Waals surface area contributed by atoms with Gasteiger partial charge in [-0.05, 0) is 12.1 Å². The Kier molecular flexibility index (Phi) is 3.87. The molecule has 0 fully saturated rings. The lowest BCUT2D eigenvalue weighted by atomic mass is 10.1. The molecule has 3 rings (SSSR count).